The van der Waals surface area contributed by atoms with Crippen molar-refractivity contribution in [2.45, 2.75) is 31.3 Å². The molecule has 1 fully saturated rings. The number of rotatable bonds is 10. The Morgan fingerprint density at radius 1 is 0.922 bits per heavy atom. The minimum atomic E-state index is -1.07. The van der Waals surface area contributed by atoms with Crippen LogP contribution in [0.1, 0.15) is 48.1 Å². The SMILES string of the molecule is C=COC(=O)C1=C(C)N[C@@](C)(c2ccc(N3CCN(C(c4ccccc4)c4ccccc4)CC3)cc2)C(C(=O)OC)C1c1cccc([N+](=O)[O-])c1. The Bertz CT molecular complexity index is 1880. The molecule has 4 aromatic carbocycles. The van der Waals surface area contributed by atoms with Crippen LogP contribution in [0.5, 0.6) is 0 Å². The zero-order valence-corrected chi connectivity index (χ0v) is 29.0. The number of hydrogen-bond donors (Lipinski definition) is 1. The van der Waals surface area contributed by atoms with E-state index in [0.717, 1.165) is 43.7 Å². The molecule has 1 saturated heterocycles. The first kappa shape index (κ1) is 35.1. The lowest BCUT2D eigenvalue weighted by Crippen LogP contribution is -2.55. The number of allylic oxidation sites excluding steroid dienone is 1. The molecule has 0 amide bonds. The Morgan fingerprint density at radius 2 is 1.53 bits per heavy atom. The third-order valence-electron chi connectivity index (χ3n) is 10.2. The number of methoxy groups -OCH3 is 1. The van der Waals surface area contributed by atoms with Crippen molar-refractivity contribution in [1.29, 1.82) is 0 Å². The van der Waals surface area contributed by atoms with Crippen LogP contribution < -0.4 is 10.2 Å². The third kappa shape index (κ3) is 7.00. The van der Waals surface area contributed by atoms with Gasteiger partial charge in [0.05, 0.1) is 41.4 Å². The van der Waals surface area contributed by atoms with Crippen molar-refractivity contribution < 1.29 is 24.0 Å². The fourth-order valence-electron chi connectivity index (χ4n) is 7.77. The molecule has 0 aromatic heterocycles. The first-order valence-electron chi connectivity index (χ1n) is 17.0. The number of hydrogen-bond acceptors (Lipinski definition) is 9. The molecule has 6 rings (SSSR count). The lowest BCUT2D eigenvalue weighted by Gasteiger charge is -2.47. The second kappa shape index (κ2) is 15.0. The highest BCUT2D eigenvalue weighted by atomic mass is 16.6. The second-order valence-electron chi connectivity index (χ2n) is 13.1. The number of carbonyl (C=O) groups is 2. The van der Waals surface area contributed by atoms with Crippen molar-refractivity contribution in [3.8, 4) is 0 Å². The van der Waals surface area contributed by atoms with E-state index >= 15 is 0 Å². The molecule has 262 valence electrons. The van der Waals surface area contributed by atoms with Gasteiger partial charge in [-0.05, 0) is 48.2 Å². The van der Waals surface area contributed by atoms with Gasteiger partial charge in [-0.15, -0.1) is 0 Å². The van der Waals surface area contributed by atoms with Gasteiger partial charge < -0.3 is 19.7 Å². The molecule has 2 heterocycles. The number of esters is 2. The van der Waals surface area contributed by atoms with E-state index in [4.69, 9.17) is 9.47 Å². The number of nitrogens with zero attached hydrogens (tertiary/aromatic N) is 3. The van der Waals surface area contributed by atoms with Gasteiger partial charge in [0, 0.05) is 55.6 Å². The standard InChI is InChI=1S/C41H42N4O6/c1-5-51-39(46)35-28(2)42-41(3,37(40(47)50-4)36(35)31-17-12-18-34(27-31)45(48)49)32-19-21-33(22-20-32)43-23-25-44(26-24-43)38(29-13-8-6-9-14-29)30-15-10-7-11-16-30/h5-22,27,36-38,42H,1,23-26H2,2-4H3/t36?,37?,41-/m0/s1. The molecule has 4 aromatic rings. The molecule has 10 nitrogen and oxygen atoms in total. The van der Waals surface area contributed by atoms with E-state index < -0.39 is 34.2 Å². The maximum Gasteiger partial charge on any atom is 0.341 e. The first-order valence-corrected chi connectivity index (χ1v) is 17.0. The van der Waals surface area contributed by atoms with E-state index in [1.165, 1.54) is 30.4 Å². The number of carbonyl (C=O) groups excluding carboxylic acids is 2. The predicted molar refractivity (Wildman–Crippen MR) is 196 cm³/mol. The van der Waals surface area contributed by atoms with Crippen LogP contribution >= 0.6 is 0 Å². The molecule has 0 saturated carbocycles. The van der Waals surface area contributed by atoms with Gasteiger partial charge in [-0.25, -0.2) is 4.79 Å². The first-order chi connectivity index (χ1) is 24.7. The van der Waals surface area contributed by atoms with Crippen molar-refractivity contribution in [1.82, 2.24) is 10.2 Å². The molecule has 10 heteroatoms. The summed E-state index contributed by atoms with van der Waals surface area (Å²) in [5.74, 6) is -3.21. The molecular formula is C41H42N4O6. The summed E-state index contributed by atoms with van der Waals surface area (Å²) < 4.78 is 10.6. The summed E-state index contributed by atoms with van der Waals surface area (Å²) in [6, 6.07) is 35.5. The number of nitro groups is 1. The topological polar surface area (TPSA) is 114 Å². The minimum absolute atomic E-state index is 0.159. The lowest BCUT2D eigenvalue weighted by molar-refractivity contribution is -0.384. The van der Waals surface area contributed by atoms with Crippen LogP contribution in [0.15, 0.2) is 133 Å². The van der Waals surface area contributed by atoms with Gasteiger partial charge in [0.1, 0.15) is 0 Å². The number of ether oxygens (including phenoxy) is 2. The Kier molecular flexibility index (Phi) is 10.3. The number of benzene rings is 4. The average molecular weight is 687 g/mol. The van der Waals surface area contributed by atoms with Gasteiger partial charge in [-0.3, -0.25) is 19.8 Å². The van der Waals surface area contributed by atoms with Gasteiger partial charge in [-0.2, -0.15) is 0 Å². The highest BCUT2D eigenvalue weighted by Crippen LogP contribution is 2.49. The van der Waals surface area contributed by atoms with E-state index in [1.807, 2.05) is 31.2 Å². The molecule has 0 radical (unpaired) electrons. The number of non-ortho nitro benzene ring substituents is 1. The van der Waals surface area contributed by atoms with Gasteiger partial charge in [0.2, 0.25) is 0 Å². The zero-order valence-electron chi connectivity index (χ0n) is 29.0. The summed E-state index contributed by atoms with van der Waals surface area (Å²) in [5.41, 5.74) is 4.22. The summed E-state index contributed by atoms with van der Waals surface area (Å²) in [5, 5.41) is 15.2. The second-order valence-corrected chi connectivity index (χ2v) is 13.1. The number of anilines is 1. The summed E-state index contributed by atoms with van der Waals surface area (Å²) >= 11 is 0. The lowest BCUT2D eigenvalue weighted by atomic mass is 9.65. The van der Waals surface area contributed by atoms with E-state index in [0.29, 0.717) is 11.3 Å². The van der Waals surface area contributed by atoms with Crippen LogP contribution in [0.3, 0.4) is 0 Å². The summed E-state index contributed by atoms with van der Waals surface area (Å²) in [6.45, 7) is 10.6. The fourth-order valence-corrected chi connectivity index (χ4v) is 7.77. The highest BCUT2D eigenvalue weighted by Gasteiger charge is 2.53. The molecule has 3 atom stereocenters. The fraction of sp³-hybridized carbons (Fsp3) is 0.268. The Balaban J connectivity index is 1.30. The third-order valence-corrected chi connectivity index (χ3v) is 10.2. The zero-order chi connectivity index (χ0) is 36.1. The normalized spacial score (nSPS) is 20.7. The van der Waals surface area contributed by atoms with Crippen LogP contribution in [-0.2, 0) is 24.6 Å². The Hall–Kier alpha value is -5.74. The van der Waals surface area contributed by atoms with Crippen molar-refractivity contribution in [3.05, 3.63) is 166 Å². The monoisotopic (exact) mass is 686 g/mol. The number of nitrogens with one attached hydrogen (secondary N) is 1. The maximum atomic E-state index is 13.8. The van der Waals surface area contributed by atoms with Crippen molar-refractivity contribution in [3.63, 3.8) is 0 Å². The van der Waals surface area contributed by atoms with Gasteiger partial charge in [0.25, 0.3) is 5.69 Å². The van der Waals surface area contributed by atoms with Gasteiger partial charge in [-0.1, -0.05) is 91.5 Å². The number of nitro benzene ring substituents is 1. The minimum Gasteiger partial charge on any atom is -0.469 e. The van der Waals surface area contributed by atoms with Gasteiger partial charge >= 0.3 is 11.9 Å². The van der Waals surface area contributed by atoms with Crippen molar-refractivity contribution in [2.75, 3.05) is 38.2 Å². The summed E-state index contributed by atoms with van der Waals surface area (Å²) in [7, 11) is 1.29. The molecule has 0 aliphatic carbocycles. The highest BCUT2D eigenvalue weighted by molar-refractivity contribution is 5.94. The molecule has 2 aliphatic heterocycles. The van der Waals surface area contributed by atoms with Gasteiger partial charge in [0.15, 0.2) is 0 Å². The quantitative estimate of drug-likeness (QED) is 0.0828. The smallest absolute Gasteiger partial charge is 0.341 e. The number of piperazine rings is 1. The molecular weight excluding hydrogens is 644 g/mol. The molecule has 2 aliphatic rings. The molecule has 1 N–H and O–H groups in total. The largest absolute Gasteiger partial charge is 0.469 e. The van der Waals surface area contributed by atoms with E-state index in [-0.39, 0.29) is 17.3 Å². The summed E-state index contributed by atoms with van der Waals surface area (Å²) in [6.07, 6.45) is 1.02. The van der Waals surface area contributed by atoms with Crippen LogP contribution in [0.2, 0.25) is 0 Å². The van der Waals surface area contributed by atoms with E-state index in [9.17, 15) is 19.7 Å². The van der Waals surface area contributed by atoms with Crippen LogP contribution in [0, 0.1) is 16.0 Å². The molecule has 2 unspecified atom stereocenters. The van der Waals surface area contributed by atoms with Crippen LogP contribution in [0.25, 0.3) is 0 Å². The summed E-state index contributed by atoms with van der Waals surface area (Å²) in [4.78, 5) is 43.3. The predicted octanol–water partition coefficient (Wildman–Crippen LogP) is 6.86. The van der Waals surface area contributed by atoms with E-state index in [2.05, 4.69) is 82.4 Å². The Morgan fingerprint density at radius 3 is 2.08 bits per heavy atom. The molecule has 51 heavy (non-hydrogen) atoms. The van der Waals surface area contributed by atoms with Crippen LogP contribution in [-0.4, -0.2) is 55.1 Å². The Labute approximate surface area is 298 Å². The maximum absolute atomic E-state index is 13.8. The average Bonchev–Trinajstić information content (AvgIpc) is 3.15. The molecule has 0 spiro atoms. The van der Waals surface area contributed by atoms with E-state index in [1.54, 1.807) is 19.1 Å². The van der Waals surface area contributed by atoms with Crippen molar-refractivity contribution in [2.24, 2.45) is 5.92 Å². The van der Waals surface area contributed by atoms with Crippen molar-refractivity contribution >= 4 is 23.3 Å². The van der Waals surface area contributed by atoms with Crippen LogP contribution in [0.4, 0.5) is 11.4 Å². The molecule has 0 bridgehead atoms.